The molecule has 114 valence electrons. The SMILES string of the molecule is FC(F)(F)OC1CCC(Nc2ncc3cc[nH]c3n2)CC1. The quantitative estimate of drug-likeness (QED) is 0.913. The van der Waals surface area contributed by atoms with Crippen LogP contribution in [0.25, 0.3) is 11.0 Å². The molecule has 0 aromatic carbocycles. The van der Waals surface area contributed by atoms with E-state index in [-0.39, 0.29) is 6.04 Å². The molecular formula is C13H15F3N4O. The molecule has 1 aliphatic carbocycles. The van der Waals surface area contributed by atoms with Crippen molar-refractivity contribution in [1.82, 2.24) is 15.0 Å². The van der Waals surface area contributed by atoms with E-state index in [1.54, 1.807) is 12.4 Å². The molecule has 0 bridgehead atoms. The van der Waals surface area contributed by atoms with E-state index in [2.05, 4.69) is 25.0 Å². The lowest BCUT2D eigenvalue weighted by molar-refractivity contribution is -0.345. The minimum absolute atomic E-state index is 0.0745. The van der Waals surface area contributed by atoms with Gasteiger partial charge < -0.3 is 10.3 Å². The Balaban J connectivity index is 1.55. The second-order valence-corrected chi connectivity index (χ2v) is 5.16. The van der Waals surface area contributed by atoms with E-state index in [1.165, 1.54) is 0 Å². The minimum Gasteiger partial charge on any atom is -0.351 e. The maximum Gasteiger partial charge on any atom is 0.522 e. The lowest BCUT2D eigenvalue weighted by Crippen LogP contribution is -2.33. The molecule has 1 saturated carbocycles. The molecule has 5 nitrogen and oxygen atoms in total. The number of hydrogen-bond donors (Lipinski definition) is 2. The molecule has 0 amide bonds. The molecule has 0 radical (unpaired) electrons. The lowest BCUT2D eigenvalue weighted by atomic mass is 9.93. The highest BCUT2D eigenvalue weighted by Crippen LogP contribution is 2.29. The van der Waals surface area contributed by atoms with Crippen LogP contribution in [-0.4, -0.2) is 33.5 Å². The fraction of sp³-hybridized carbons (Fsp3) is 0.538. The van der Waals surface area contributed by atoms with Crippen LogP contribution < -0.4 is 5.32 Å². The maximum atomic E-state index is 12.1. The Morgan fingerprint density at radius 2 is 2.00 bits per heavy atom. The fourth-order valence-corrected chi connectivity index (χ4v) is 2.61. The van der Waals surface area contributed by atoms with Gasteiger partial charge in [-0.05, 0) is 31.7 Å². The lowest BCUT2D eigenvalue weighted by Gasteiger charge is -2.29. The molecular weight excluding hydrogens is 285 g/mol. The van der Waals surface area contributed by atoms with Crippen molar-refractivity contribution in [2.45, 2.75) is 44.2 Å². The number of H-pyrrole nitrogens is 1. The summed E-state index contributed by atoms with van der Waals surface area (Å²) in [6.07, 6.45) is 0.161. The predicted octanol–water partition coefficient (Wildman–Crippen LogP) is 3.22. The zero-order valence-corrected chi connectivity index (χ0v) is 11.2. The summed E-state index contributed by atoms with van der Waals surface area (Å²) in [5, 5.41) is 4.09. The Kier molecular flexibility index (Phi) is 3.71. The van der Waals surface area contributed by atoms with Gasteiger partial charge >= 0.3 is 6.36 Å². The number of aromatic amines is 1. The van der Waals surface area contributed by atoms with E-state index in [0.29, 0.717) is 31.6 Å². The van der Waals surface area contributed by atoms with Crippen molar-refractivity contribution in [3.63, 3.8) is 0 Å². The molecule has 2 heterocycles. The summed E-state index contributed by atoms with van der Waals surface area (Å²) in [6.45, 7) is 0. The van der Waals surface area contributed by atoms with E-state index in [4.69, 9.17) is 0 Å². The van der Waals surface area contributed by atoms with Gasteiger partial charge in [-0.25, -0.2) is 4.98 Å². The van der Waals surface area contributed by atoms with Gasteiger partial charge in [-0.2, -0.15) is 4.98 Å². The van der Waals surface area contributed by atoms with Crippen LogP contribution in [-0.2, 0) is 4.74 Å². The third kappa shape index (κ3) is 3.63. The highest BCUT2D eigenvalue weighted by atomic mass is 19.4. The maximum absolute atomic E-state index is 12.1. The largest absolute Gasteiger partial charge is 0.522 e. The summed E-state index contributed by atoms with van der Waals surface area (Å²) >= 11 is 0. The summed E-state index contributed by atoms with van der Waals surface area (Å²) in [5.41, 5.74) is 0.738. The summed E-state index contributed by atoms with van der Waals surface area (Å²) in [7, 11) is 0. The predicted molar refractivity (Wildman–Crippen MR) is 70.7 cm³/mol. The van der Waals surface area contributed by atoms with Crippen molar-refractivity contribution in [3.8, 4) is 0 Å². The van der Waals surface area contributed by atoms with Crippen LogP contribution in [0.1, 0.15) is 25.7 Å². The van der Waals surface area contributed by atoms with Crippen LogP contribution >= 0.6 is 0 Å². The van der Waals surface area contributed by atoms with Gasteiger partial charge in [0.2, 0.25) is 5.95 Å². The van der Waals surface area contributed by atoms with Crippen LogP contribution in [0.15, 0.2) is 18.5 Å². The third-order valence-corrected chi connectivity index (χ3v) is 3.61. The monoisotopic (exact) mass is 300 g/mol. The molecule has 1 aliphatic rings. The van der Waals surface area contributed by atoms with Gasteiger partial charge in [0.1, 0.15) is 5.65 Å². The number of anilines is 1. The Labute approximate surface area is 118 Å². The van der Waals surface area contributed by atoms with Crippen LogP contribution in [0.4, 0.5) is 19.1 Å². The number of nitrogens with zero attached hydrogens (tertiary/aromatic N) is 2. The smallest absolute Gasteiger partial charge is 0.351 e. The van der Waals surface area contributed by atoms with Crippen molar-refractivity contribution < 1.29 is 17.9 Å². The number of rotatable bonds is 3. The highest BCUT2D eigenvalue weighted by Gasteiger charge is 2.35. The van der Waals surface area contributed by atoms with E-state index in [9.17, 15) is 13.2 Å². The van der Waals surface area contributed by atoms with E-state index >= 15 is 0 Å². The van der Waals surface area contributed by atoms with Crippen molar-refractivity contribution in [2.24, 2.45) is 0 Å². The molecule has 0 unspecified atom stereocenters. The second-order valence-electron chi connectivity index (χ2n) is 5.16. The number of alkyl halides is 3. The van der Waals surface area contributed by atoms with Gasteiger partial charge in [0, 0.05) is 23.8 Å². The van der Waals surface area contributed by atoms with Gasteiger partial charge in [-0.1, -0.05) is 0 Å². The Hall–Kier alpha value is -1.83. The standard InChI is InChI=1S/C13H15F3N4O/c14-13(15,16)21-10-3-1-9(2-4-10)19-12-18-7-8-5-6-17-11(8)20-12/h5-7,9-10H,1-4H2,(H2,17,18,19,20). The van der Waals surface area contributed by atoms with Crippen molar-refractivity contribution >= 4 is 17.0 Å². The van der Waals surface area contributed by atoms with Gasteiger partial charge in [0.15, 0.2) is 0 Å². The summed E-state index contributed by atoms with van der Waals surface area (Å²) < 4.78 is 40.5. The second kappa shape index (κ2) is 5.51. The Morgan fingerprint density at radius 1 is 1.24 bits per heavy atom. The first kappa shape index (κ1) is 14.1. The van der Waals surface area contributed by atoms with E-state index < -0.39 is 12.5 Å². The first-order valence-corrected chi connectivity index (χ1v) is 6.81. The average molecular weight is 300 g/mol. The third-order valence-electron chi connectivity index (χ3n) is 3.61. The van der Waals surface area contributed by atoms with Crippen LogP contribution in [0.5, 0.6) is 0 Å². The first-order chi connectivity index (χ1) is 9.99. The Bertz CT molecular complexity index is 605. The summed E-state index contributed by atoms with van der Waals surface area (Å²) in [6, 6.07) is 1.95. The van der Waals surface area contributed by atoms with Crippen LogP contribution in [0, 0.1) is 0 Å². The molecule has 1 fully saturated rings. The van der Waals surface area contributed by atoms with Crippen LogP contribution in [0.2, 0.25) is 0 Å². The molecule has 0 saturated heterocycles. The zero-order valence-electron chi connectivity index (χ0n) is 11.2. The average Bonchev–Trinajstić information content (AvgIpc) is 2.87. The molecule has 0 spiro atoms. The Morgan fingerprint density at radius 3 is 2.71 bits per heavy atom. The number of halogens is 3. The fourth-order valence-electron chi connectivity index (χ4n) is 2.61. The molecule has 8 heteroatoms. The van der Waals surface area contributed by atoms with Crippen molar-refractivity contribution in [1.29, 1.82) is 0 Å². The van der Waals surface area contributed by atoms with Gasteiger partial charge in [-0.3, -0.25) is 4.74 Å². The van der Waals surface area contributed by atoms with Gasteiger partial charge in [0.25, 0.3) is 0 Å². The van der Waals surface area contributed by atoms with E-state index in [1.807, 2.05) is 6.07 Å². The number of hydrogen-bond acceptors (Lipinski definition) is 4. The zero-order chi connectivity index (χ0) is 14.9. The molecule has 3 rings (SSSR count). The summed E-state index contributed by atoms with van der Waals surface area (Å²) in [4.78, 5) is 11.5. The highest BCUT2D eigenvalue weighted by molar-refractivity contribution is 5.75. The van der Waals surface area contributed by atoms with Crippen molar-refractivity contribution in [3.05, 3.63) is 18.5 Å². The number of aromatic nitrogens is 3. The van der Waals surface area contributed by atoms with E-state index in [0.717, 1.165) is 11.0 Å². The number of nitrogens with one attached hydrogen (secondary N) is 2. The molecule has 2 N–H and O–H groups in total. The first-order valence-electron chi connectivity index (χ1n) is 6.81. The van der Waals surface area contributed by atoms with Crippen molar-refractivity contribution in [2.75, 3.05) is 5.32 Å². The molecule has 0 aliphatic heterocycles. The normalized spacial score (nSPS) is 23.4. The number of ether oxygens (including phenoxy) is 1. The molecule has 2 aromatic heterocycles. The summed E-state index contributed by atoms with van der Waals surface area (Å²) in [5.74, 6) is 0.491. The molecule has 0 atom stereocenters. The van der Waals surface area contributed by atoms with Crippen LogP contribution in [0.3, 0.4) is 0 Å². The minimum atomic E-state index is -4.55. The molecule has 21 heavy (non-hydrogen) atoms. The molecule has 2 aromatic rings. The number of fused-ring (bicyclic) bond motifs is 1. The van der Waals surface area contributed by atoms with Gasteiger partial charge in [-0.15, -0.1) is 13.2 Å². The topological polar surface area (TPSA) is 62.8 Å². The van der Waals surface area contributed by atoms with Gasteiger partial charge in [0.05, 0.1) is 6.10 Å².